The van der Waals surface area contributed by atoms with Gasteiger partial charge in [0, 0.05) is 39.2 Å². The summed E-state index contributed by atoms with van der Waals surface area (Å²) in [5, 5.41) is 4.19. The molecule has 0 aliphatic rings. The van der Waals surface area contributed by atoms with Crippen molar-refractivity contribution in [2.45, 2.75) is 19.8 Å². The summed E-state index contributed by atoms with van der Waals surface area (Å²) in [6.07, 6.45) is 2.01. The zero-order chi connectivity index (χ0) is 14.5. The van der Waals surface area contributed by atoms with E-state index in [2.05, 4.69) is 40.2 Å². The molecule has 5 nitrogen and oxygen atoms in total. The zero-order valence-electron chi connectivity index (χ0n) is 12.6. The Morgan fingerprint density at radius 3 is 2.85 bits per heavy atom. The summed E-state index contributed by atoms with van der Waals surface area (Å²) < 4.78 is 5.11. The highest BCUT2D eigenvalue weighted by Gasteiger charge is 2.14. The van der Waals surface area contributed by atoms with Crippen LogP contribution in [0, 0.1) is 0 Å². The highest BCUT2D eigenvalue weighted by atomic mass is 32.1. The van der Waals surface area contributed by atoms with Gasteiger partial charge < -0.3 is 15.0 Å². The van der Waals surface area contributed by atoms with Gasteiger partial charge in [-0.25, -0.2) is 4.98 Å². The molecule has 20 heavy (non-hydrogen) atoms. The Hall–Kier alpha value is -1.40. The Morgan fingerprint density at radius 2 is 2.20 bits per heavy atom. The number of methoxy groups -OCH3 is 1. The highest BCUT2D eigenvalue weighted by molar-refractivity contribution is 7.18. The summed E-state index contributed by atoms with van der Waals surface area (Å²) in [6, 6.07) is 2.21. The van der Waals surface area contributed by atoms with Crippen LogP contribution in [0.4, 0.5) is 11.8 Å². The number of hydrogen-bond acceptors (Lipinski definition) is 6. The normalized spacial score (nSPS) is 11.0. The molecule has 0 aromatic carbocycles. The summed E-state index contributed by atoms with van der Waals surface area (Å²) in [5.74, 6) is 1.67. The SMILES string of the molecule is CCc1cc2c(N(C)CCCOC)nc(NC)nc2s1. The average Bonchev–Trinajstić information content (AvgIpc) is 2.89. The van der Waals surface area contributed by atoms with Crippen LogP contribution in [0.1, 0.15) is 18.2 Å². The Kier molecular flexibility index (Phi) is 5.14. The third kappa shape index (κ3) is 3.19. The van der Waals surface area contributed by atoms with E-state index in [-0.39, 0.29) is 0 Å². The second kappa shape index (κ2) is 6.85. The summed E-state index contributed by atoms with van der Waals surface area (Å²) in [6.45, 7) is 3.85. The lowest BCUT2D eigenvalue weighted by Gasteiger charge is -2.19. The number of hydrogen-bond donors (Lipinski definition) is 1. The van der Waals surface area contributed by atoms with Gasteiger partial charge in [0.05, 0.1) is 5.39 Å². The minimum atomic E-state index is 0.676. The molecule has 110 valence electrons. The number of fused-ring (bicyclic) bond motifs is 1. The van der Waals surface area contributed by atoms with Crippen LogP contribution in [0.25, 0.3) is 10.2 Å². The van der Waals surface area contributed by atoms with E-state index in [0.29, 0.717) is 5.95 Å². The summed E-state index contributed by atoms with van der Waals surface area (Å²) in [7, 11) is 5.65. The number of aromatic nitrogens is 2. The van der Waals surface area contributed by atoms with Crippen molar-refractivity contribution in [2.75, 3.05) is 44.6 Å². The van der Waals surface area contributed by atoms with Crippen molar-refractivity contribution >= 4 is 33.3 Å². The van der Waals surface area contributed by atoms with E-state index in [1.54, 1.807) is 18.4 Å². The molecule has 0 spiro atoms. The molecule has 2 aromatic rings. The quantitative estimate of drug-likeness (QED) is 0.796. The second-order valence-corrected chi connectivity index (χ2v) is 5.79. The van der Waals surface area contributed by atoms with Crippen molar-refractivity contribution in [3.63, 3.8) is 0 Å². The maximum absolute atomic E-state index is 5.11. The lowest BCUT2D eigenvalue weighted by atomic mass is 10.3. The summed E-state index contributed by atoms with van der Waals surface area (Å²) in [4.78, 5) is 13.7. The number of anilines is 2. The molecule has 6 heteroatoms. The number of rotatable bonds is 7. The van der Waals surface area contributed by atoms with E-state index in [9.17, 15) is 0 Å². The molecule has 0 radical (unpaired) electrons. The van der Waals surface area contributed by atoms with Crippen LogP contribution in [0.5, 0.6) is 0 Å². The smallest absolute Gasteiger partial charge is 0.225 e. The molecule has 0 aliphatic carbocycles. The van der Waals surface area contributed by atoms with Crippen LogP contribution < -0.4 is 10.2 Å². The van der Waals surface area contributed by atoms with Crippen LogP contribution in [-0.2, 0) is 11.2 Å². The average molecular weight is 294 g/mol. The third-order valence-electron chi connectivity index (χ3n) is 3.20. The summed E-state index contributed by atoms with van der Waals surface area (Å²) >= 11 is 1.74. The van der Waals surface area contributed by atoms with E-state index in [1.807, 2.05) is 7.05 Å². The Balaban J connectivity index is 2.35. The van der Waals surface area contributed by atoms with Gasteiger partial charge in [-0.2, -0.15) is 4.98 Å². The fourth-order valence-corrected chi connectivity index (χ4v) is 3.05. The van der Waals surface area contributed by atoms with Crippen molar-refractivity contribution in [3.05, 3.63) is 10.9 Å². The first-order valence-electron chi connectivity index (χ1n) is 6.87. The van der Waals surface area contributed by atoms with E-state index < -0.39 is 0 Å². The molecule has 0 unspecified atom stereocenters. The molecule has 0 saturated carbocycles. The number of thiophene rings is 1. The molecule has 2 rings (SSSR count). The van der Waals surface area contributed by atoms with Gasteiger partial charge in [0.1, 0.15) is 10.6 Å². The van der Waals surface area contributed by atoms with Crippen LogP contribution >= 0.6 is 11.3 Å². The first-order chi connectivity index (χ1) is 9.69. The molecule has 2 heterocycles. The predicted molar refractivity (Wildman–Crippen MR) is 86.1 cm³/mol. The molecule has 0 fully saturated rings. The number of aryl methyl sites for hydroxylation is 1. The van der Waals surface area contributed by atoms with Gasteiger partial charge in [0.15, 0.2) is 0 Å². The molecular formula is C14H22N4OS. The molecule has 0 aliphatic heterocycles. The van der Waals surface area contributed by atoms with Crippen LogP contribution in [0.2, 0.25) is 0 Å². The van der Waals surface area contributed by atoms with Crippen molar-refractivity contribution < 1.29 is 4.74 Å². The van der Waals surface area contributed by atoms with Gasteiger partial charge >= 0.3 is 0 Å². The fourth-order valence-electron chi connectivity index (χ4n) is 2.09. The first kappa shape index (κ1) is 15.0. The lowest BCUT2D eigenvalue weighted by molar-refractivity contribution is 0.196. The molecule has 0 bridgehead atoms. The monoisotopic (exact) mass is 294 g/mol. The van der Waals surface area contributed by atoms with E-state index in [4.69, 9.17) is 4.74 Å². The van der Waals surface area contributed by atoms with Crippen molar-refractivity contribution in [1.82, 2.24) is 9.97 Å². The number of nitrogens with one attached hydrogen (secondary N) is 1. The van der Waals surface area contributed by atoms with Gasteiger partial charge in [0.2, 0.25) is 5.95 Å². The molecule has 0 atom stereocenters. The minimum absolute atomic E-state index is 0.676. The number of ether oxygens (including phenoxy) is 1. The van der Waals surface area contributed by atoms with Gasteiger partial charge in [0.25, 0.3) is 0 Å². The zero-order valence-corrected chi connectivity index (χ0v) is 13.4. The summed E-state index contributed by atoms with van der Waals surface area (Å²) in [5.41, 5.74) is 0. The minimum Gasteiger partial charge on any atom is -0.385 e. The molecule has 0 saturated heterocycles. The Bertz CT molecular complexity index is 570. The van der Waals surface area contributed by atoms with Gasteiger partial charge in [-0.1, -0.05) is 6.92 Å². The second-order valence-electron chi connectivity index (χ2n) is 4.67. The topological polar surface area (TPSA) is 50.3 Å². The molecule has 2 aromatic heterocycles. The number of nitrogens with zero attached hydrogens (tertiary/aromatic N) is 3. The lowest BCUT2D eigenvalue weighted by Crippen LogP contribution is -2.21. The molecule has 1 N–H and O–H groups in total. The van der Waals surface area contributed by atoms with E-state index in [1.165, 1.54) is 4.88 Å². The standard InChI is InChI=1S/C14H22N4OS/c1-5-10-9-11-12(18(3)7-6-8-19-4)16-14(15-2)17-13(11)20-10/h9H,5-8H2,1-4H3,(H,15,16,17). The maximum Gasteiger partial charge on any atom is 0.225 e. The highest BCUT2D eigenvalue weighted by Crippen LogP contribution is 2.31. The van der Waals surface area contributed by atoms with Gasteiger partial charge in [-0.3, -0.25) is 0 Å². The predicted octanol–water partition coefficient (Wildman–Crippen LogP) is 2.77. The third-order valence-corrected chi connectivity index (χ3v) is 4.37. The van der Waals surface area contributed by atoms with Crippen LogP contribution in [0.3, 0.4) is 0 Å². The van der Waals surface area contributed by atoms with Gasteiger partial charge in [-0.05, 0) is 18.9 Å². The van der Waals surface area contributed by atoms with Crippen molar-refractivity contribution in [2.24, 2.45) is 0 Å². The Morgan fingerprint density at radius 1 is 1.40 bits per heavy atom. The first-order valence-corrected chi connectivity index (χ1v) is 7.69. The van der Waals surface area contributed by atoms with E-state index in [0.717, 1.165) is 42.0 Å². The van der Waals surface area contributed by atoms with Crippen LogP contribution in [-0.4, -0.2) is 44.3 Å². The van der Waals surface area contributed by atoms with Gasteiger partial charge in [-0.15, -0.1) is 11.3 Å². The van der Waals surface area contributed by atoms with E-state index >= 15 is 0 Å². The van der Waals surface area contributed by atoms with Crippen molar-refractivity contribution in [1.29, 1.82) is 0 Å². The van der Waals surface area contributed by atoms with Crippen molar-refractivity contribution in [3.8, 4) is 0 Å². The maximum atomic E-state index is 5.11. The molecular weight excluding hydrogens is 272 g/mol. The van der Waals surface area contributed by atoms with Crippen LogP contribution in [0.15, 0.2) is 6.07 Å². The largest absolute Gasteiger partial charge is 0.385 e. The molecule has 0 amide bonds. The fraction of sp³-hybridized carbons (Fsp3) is 0.571. The Labute approximate surface area is 124 Å².